The first kappa shape index (κ1) is 18.2. The third-order valence-corrected chi connectivity index (χ3v) is 5.15. The Balaban J connectivity index is 1.51. The molecule has 0 aliphatic rings. The van der Waals surface area contributed by atoms with Gasteiger partial charge in [-0.2, -0.15) is 4.68 Å². The van der Waals surface area contributed by atoms with Crippen molar-refractivity contribution in [2.24, 2.45) is 0 Å². The monoisotopic (exact) mass is 397 g/mol. The highest BCUT2D eigenvalue weighted by atomic mass is 32.2. The van der Waals surface area contributed by atoms with E-state index < -0.39 is 0 Å². The fraction of sp³-hybridized carbons (Fsp3) is 0.158. The normalized spacial score (nSPS) is 11.0. The van der Waals surface area contributed by atoms with Crippen LogP contribution < -0.4 is 4.74 Å². The highest BCUT2D eigenvalue weighted by molar-refractivity contribution is 7.98. The zero-order valence-electron chi connectivity index (χ0n) is 15.2. The predicted molar refractivity (Wildman–Crippen MR) is 102 cm³/mol. The molecule has 28 heavy (non-hydrogen) atoms. The number of rotatable bonds is 6. The van der Waals surface area contributed by atoms with Crippen LogP contribution in [0.4, 0.5) is 4.39 Å². The second-order valence-electron chi connectivity index (χ2n) is 5.95. The van der Waals surface area contributed by atoms with Crippen LogP contribution in [-0.4, -0.2) is 32.5 Å². The Morgan fingerprint density at radius 3 is 2.57 bits per heavy atom. The number of halogens is 1. The molecule has 0 unspecified atom stereocenters. The average molecular weight is 397 g/mol. The molecule has 0 fully saturated rings. The van der Waals surface area contributed by atoms with Crippen molar-refractivity contribution in [1.82, 2.24) is 25.4 Å². The number of hydrogen-bond acceptors (Lipinski definition) is 7. The van der Waals surface area contributed by atoms with E-state index in [4.69, 9.17) is 9.26 Å². The highest BCUT2D eigenvalue weighted by Gasteiger charge is 2.16. The maximum absolute atomic E-state index is 13.1. The molecule has 142 valence electrons. The minimum Gasteiger partial charge on any atom is -0.497 e. The van der Waals surface area contributed by atoms with Crippen LogP contribution in [0.1, 0.15) is 11.3 Å². The molecule has 2 aromatic heterocycles. The second-order valence-corrected chi connectivity index (χ2v) is 6.89. The number of benzene rings is 2. The van der Waals surface area contributed by atoms with E-state index in [2.05, 4.69) is 20.7 Å². The average Bonchev–Trinajstić information content (AvgIpc) is 3.34. The lowest BCUT2D eigenvalue weighted by Gasteiger charge is -2.05. The van der Waals surface area contributed by atoms with Crippen LogP contribution in [0.25, 0.3) is 17.0 Å². The molecule has 2 heterocycles. The van der Waals surface area contributed by atoms with Gasteiger partial charge >= 0.3 is 0 Å². The van der Waals surface area contributed by atoms with Gasteiger partial charge in [-0.05, 0) is 65.9 Å². The van der Waals surface area contributed by atoms with Gasteiger partial charge in [-0.1, -0.05) is 16.9 Å². The molecular formula is C19H16FN5O2S. The Morgan fingerprint density at radius 2 is 1.86 bits per heavy atom. The molecule has 7 nitrogen and oxygen atoms in total. The van der Waals surface area contributed by atoms with E-state index in [1.165, 1.54) is 23.9 Å². The molecule has 0 saturated carbocycles. The van der Waals surface area contributed by atoms with Crippen LogP contribution in [-0.2, 0) is 5.75 Å². The van der Waals surface area contributed by atoms with E-state index in [1.807, 2.05) is 31.2 Å². The molecule has 4 aromatic rings. The van der Waals surface area contributed by atoms with Crippen molar-refractivity contribution in [2.45, 2.75) is 17.8 Å². The molecule has 0 amide bonds. The van der Waals surface area contributed by atoms with Gasteiger partial charge in [-0.25, -0.2) is 4.39 Å². The summed E-state index contributed by atoms with van der Waals surface area (Å²) in [6, 6.07) is 13.6. The molecule has 9 heteroatoms. The van der Waals surface area contributed by atoms with Crippen LogP contribution >= 0.6 is 11.8 Å². The van der Waals surface area contributed by atoms with E-state index >= 15 is 0 Å². The Bertz CT molecular complexity index is 1080. The summed E-state index contributed by atoms with van der Waals surface area (Å²) in [6.45, 7) is 1.93. The van der Waals surface area contributed by atoms with Crippen molar-refractivity contribution >= 4 is 11.8 Å². The summed E-state index contributed by atoms with van der Waals surface area (Å²) < 4.78 is 25.4. The van der Waals surface area contributed by atoms with Crippen molar-refractivity contribution in [1.29, 1.82) is 0 Å². The van der Waals surface area contributed by atoms with Crippen molar-refractivity contribution in [3.05, 3.63) is 65.6 Å². The first-order chi connectivity index (χ1) is 13.7. The summed E-state index contributed by atoms with van der Waals surface area (Å²) in [7, 11) is 1.62. The maximum atomic E-state index is 13.1. The van der Waals surface area contributed by atoms with Crippen LogP contribution in [0.3, 0.4) is 0 Å². The lowest BCUT2D eigenvalue weighted by atomic mass is 10.1. The molecule has 0 N–H and O–H groups in total. The quantitative estimate of drug-likeness (QED) is 0.454. The molecular weight excluding hydrogens is 381 g/mol. The standard InChI is InChI=1S/C19H16FN5O2S/c1-12-17(22-27-18(12)13-3-5-14(20)6-4-13)11-28-19-21-23-24-25(19)15-7-9-16(26-2)10-8-15/h3-10H,11H2,1-2H3. The van der Waals surface area contributed by atoms with Crippen molar-refractivity contribution < 1.29 is 13.7 Å². The topological polar surface area (TPSA) is 78.9 Å². The van der Waals surface area contributed by atoms with Gasteiger partial charge in [0.15, 0.2) is 5.76 Å². The second kappa shape index (κ2) is 7.81. The van der Waals surface area contributed by atoms with Crippen molar-refractivity contribution in [2.75, 3.05) is 7.11 Å². The van der Waals surface area contributed by atoms with Crippen molar-refractivity contribution in [3.63, 3.8) is 0 Å². The Morgan fingerprint density at radius 1 is 1.11 bits per heavy atom. The van der Waals surface area contributed by atoms with Crippen LogP contribution in [0.5, 0.6) is 5.75 Å². The van der Waals surface area contributed by atoms with Gasteiger partial charge in [0.25, 0.3) is 0 Å². The molecule has 4 rings (SSSR count). The predicted octanol–water partition coefficient (Wildman–Crippen LogP) is 4.07. The number of ether oxygens (including phenoxy) is 1. The summed E-state index contributed by atoms with van der Waals surface area (Å²) in [5, 5.41) is 16.7. The van der Waals surface area contributed by atoms with Crippen LogP contribution in [0.2, 0.25) is 0 Å². The number of hydrogen-bond donors (Lipinski definition) is 0. The van der Waals surface area contributed by atoms with Gasteiger partial charge < -0.3 is 9.26 Å². The zero-order chi connectivity index (χ0) is 19.5. The fourth-order valence-electron chi connectivity index (χ4n) is 2.66. The SMILES string of the molecule is COc1ccc(-n2nnnc2SCc2noc(-c3ccc(F)cc3)c2C)cc1. The Kier molecular flexibility index (Phi) is 5.07. The molecule has 2 aromatic carbocycles. The molecule has 0 aliphatic heterocycles. The highest BCUT2D eigenvalue weighted by Crippen LogP contribution is 2.30. The van der Waals surface area contributed by atoms with E-state index in [0.717, 1.165) is 28.3 Å². The minimum absolute atomic E-state index is 0.290. The van der Waals surface area contributed by atoms with Gasteiger partial charge in [0.2, 0.25) is 5.16 Å². The first-order valence-electron chi connectivity index (χ1n) is 8.42. The first-order valence-corrected chi connectivity index (χ1v) is 9.41. The van der Waals surface area contributed by atoms with Gasteiger partial charge in [0, 0.05) is 16.9 Å². The van der Waals surface area contributed by atoms with E-state index in [1.54, 1.807) is 23.9 Å². The Hall–Kier alpha value is -3.20. The summed E-state index contributed by atoms with van der Waals surface area (Å²) in [4.78, 5) is 0. The molecule has 0 aliphatic carbocycles. The minimum atomic E-state index is -0.290. The zero-order valence-corrected chi connectivity index (χ0v) is 16.0. The fourth-order valence-corrected chi connectivity index (χ4v) is 3.55. The molecule has 0 atom stereocenters. The number of methoxy groups -OCH3 is 1. The molecule has 0 radical (unpaired) electrons. The lowest BCUT2D eigenvalue weighted by Crippen LogP contribution is -1.99. The third kappa shape index (κ3) is 3.61. The largest absolute Gasteiger partial charge is 0.497 e. The Labute approximate surface area is 164 Å². The molecule has 0 spiro atoms. The molecule has 0 bridgehead atoms. The van der Waals surface area contributed by atoms with E-state index in [0.29, 0.717) is 16.7 Å². The number of aromatic nitrogens is 5. The number of thioether (sulfide) groups is 1. The van der Waals surface area contributed by atoms with Crippen LogP contribution in [0.15, 0.2) is 58.2 Å². The maximum Gasteiger partial charge on any atom is 0.214 e. The van der Waals surface area contributed by atoms with E-state index in [9.17, 15) is 4.39 Å². The van der Waals surface area contributed by atoms with Gasteiger partial charge in [-0.3, -0.25) is 0 Å². The lowest BCUT2D eigenvalue weighted by molar-refractivity contribution is 0.414. The van der Waals surface area contributed by atoms with Gasteiger partial charge in [-0.15, -0.1) is 5.10 Å². The number of tetrazole rings is 1. The van der Waals surface area contributed by atoms with Crippen molar-refractivity contribution in [3.8, 4) is 22.8 Å². The number of nitrogens with zero attached hydrogens (tertiary/aromatic N) is 5. The smallest absolute Gasteiger partial charge is 0.214 e. The molecule has 0 saturated heterocycles. The third-order valence-electron chi connectivity index (χ3n) is 4.22. The van der Waals surface area contributed by atoms with E-state index in [-0.39, 0.29) is 5.82 Å². The van der Waals surface area contributed by atoms with Gasteiger partial charge in [0.05, 0.1) is 18.5 Å². The summed E-state index contributed by atoms with van der Waals surface area (Å²) in [5.41, 5.74) is 3.30. The van der Waals surface area contributed by atoms with Gasteiger partial charge in [0.1, 0.15) is 11.6 Å². The summed E-state index contributed by atoms with van der Waals surface area (Å²) >= 11 is 1.45. The van der Waals surface area contributed by atoms with Crippen LogP contribution in [0, 0.1) is 12.7 Å². The summed E-state index contributed by atoms with van der Waals surface area (Å²) in [6.07, 6.45) is 0. The summed E-state index contributed by atoms with van der Waals surface area (Å²) in [5.74, 6) is 1.64.